The Bertz CT molecular complexity index is 513. The Kier molecular flexibility index (Phi) is 3.15. The Morgan fingerprint density at radius 3 is 2.50 bits per heavy atom. The lowest BCUT2D eigenvalue weighted by Gasteiger charge is -2.59. The van der Waals surface area contributed by atoms with Crippen LogP contribution in [0.4, 0.5) is 0 Å². The molecule has 3 nitrogen and oxygen atoms in total. The third-order valence-electron chi connectivity index (χ3n) is 8.26. The molecule has 4 aliphatic rings. The highest BCUT2D eigenvalue weighted by atomic mass is 16.3. The fraction of sp³-hybridized carbons (Fsp3) is 0.895. The molecule has 3 fully saturated rings. The zero-order valence-electron chi connectivity index (χ0n) is 13.9. The van der Waals surface area contributed by atoms with Crippen LogP contribution in [0.5, 0.6) is 0 Å². The second kappa shape index (κ2) is 4.66. The predicted molar refractivity (Wildman–Crippen MR) is 85.4 cm³/mol. The highest BCUT2D eigenvalue weighted by Crippen LogP contribution is 2.66. The minimum Gasteiger partial charge on any atom is -0.508 e. The van der Waals surface area contributed by atoms with Crippen molar-refractivity contribution in [1.82, 2.24) is 0 Å². The van der Waals surface area contributed by atoms with E-state index in [-0.39, 0.29) is 16.9 Å². The van der Waals surface area contributed by atoms with Crippen molar-refractivity contribution in [3.63, 3.8) is 0 Å². The normalized spacial score (nSPS) is 54.6. The lowest BCUT2D eigenvalue weighted by molar-refractivity contribution is -0.108. The summed E-state index contributed by atoms with van der Waals surface area (Å²) in [6, 6.07) is 0. The van der Waals surface area contributed by atoms with Crippen LogP contribution in [0.3, 0.4) is 0 Å². The van der Waals surface area contributed by atoms with Crippen molar-refractivity contribution in [3.05, 3.63) is 11.5 Å². The summed E-state index contributed by atoms with van der Waals surface area (Å²) in [6.45, 7) is 4.64. The maximum absolute atomic E-state index is 10.7. The first-order chi connectivity index (χ1) is 10.4. The van der Waals surface area contributed by atoms with Crippen molar-refractivity contribution < 1.29 is 15.3 Å². The Morgan fingerprint density at radius 2 is 1.73 bits per heavy atom. The van der Waals surface area contributed by atoms with E-state index in [2.05, 4.69) is 13.8 Å². The summed E-state index contributed by atoms with van der Waals surface area (Å²) >= 11 is 0. The second-order valence-corrected chi connectivity index (χ2v) is 9.00. The van der Waals surface area contributed by atoms with Crippen molar-refractivity contribution in [2.24, 2.45) is 34.5 Å². The van der Waals surface area contributed by atoms with Gasteiger partial charge < -0.3 is 15.3 Å². The van der Waals surface area contributed by atoms with Gasteiger partial charge in [-0.3, -0.25) is 0 Å². The molecule has 0 spiro atoms. The topological polar surface area (TPSA) is 60.7 Å². The molecular formula is C19H30O3. The van der Waals surface area contributed by atoms with Crippen LogP contribution in [0, 0.1) is 34.5 Å². The molecule has 0 bridgehead atoms. The zero-order valence-corrected chi connectivity index (χ0v) is 13.9. The van der Waals surface area contributed by atoms with Crippen LogP contribution in [0.2, 0.25) is 0 Å². The van der Waals surface area contributed by atoms with Gasteiger partial charge in [0.15, 0.2) is 5.76 Å². The summed E-state index contributed by atoms with van der Waals surface area (Å²) < 4.78 is 0. The average Bonchev–Trinajstić information content (AvgIpc) is 2.89. The molecule has 4 rings (SSSR count). The Labute approximate surface area is 133 Å². The molecule has 0 aromatic rings. The summed E-state index contributed by atoms with van der Waals surface area (Å²) in [6.07, 6.45) is 8.56. The van der Waals surface area contributed by atoms with E-state index >= 15 is 0 Å². The minimum atomic E-state index is -0.866. The van der Waals surface area contributed by atoms with Crippen LogP contribution < -0.4 is 0 Å². The minimum absolute atomic E-state index is 0.104. The number of rotatable bonds is 0. The molecule has 0 aliphatic heterocycles. The monoisotopic (exact) mass is 306 g/mol. The second-order valence-electron chi connectivity index (χ2n) is 9.00. The predicted octanol–water partition coefficient (Wildman–Crippen LogP) is 4.33. The highest BCUT2D eigenvalue weighted by molar-refractivity contribution is 5.23. The van der Waals surface area contributed by atoms with E-state index in [1.807, 2.05) is 0 Å². The van der Waals surface area contributed by atoms with Crippen molar-refractivity contribution in [2.75, 3.05) is 0 Å². The summed E-state index contributed by atoms with van der Waals surface area (Å²) in [7, 11) is 0. The maximum atomic E-state index is 10.7. The molecular weight excluding hydrogens is 276 g/mol. The molecule has 7 atom stereocenters. The molecule has 4 aliphatic carbocycles. The highest BCUT2D eigenvalue weighted by Gasteiger charge is 2.60. The fourth-order valence-electron chi connectivity index (χ4n) is 6.97. The standard InChI is InChI=1S/C19H30O3/c1-18-8-3-4-13(18)12-6-5-11-10-15(20)16(21)17(22)19(11,2)14(12)7-9-18/h11-15,20-22H,3-10H2,1-2H3/t11?,12-,13-,14-,15?,18-,19-/m0/s1. The molecule has 3 heteroatoms. The van der Waals surface area contributed by atoms with E-state index in [1.54, 1.807) is 0 Å². The Hall–Kier alpha value is -0.700. The molecule has 2 unspecified atom stereocenters. The van der Waals surface area contributed by atoms with Crippen LogP contribution in [0.25, 0.3) is 0 Å². The summed E-state index contributed by atoms with van der Waals surface area (Å²) in [5, 5.41) is 30.9. The average molecular weight is 306 g/mol. The van der Waals surface area contributed by atoms with Gasteiger partial charge in [-0.15, -0.1) is 0 Å². The molecule has 22 heavy (non-hydrogen) atoms. The third-order valence-corrected chi connectivity index (χ3v) is 8.26. The lowest BCUT2D eigenvalue weighted by atomic mass is 9.46. The van der Waals surface area contributed by atoms with E-state index in [4.69, 9.17) is 0 Å². The number of aliphatic hydroxyl groups is 3. The maximum Gasteiger partial charge on any atom is 0.159 e. The number of hydrogen-bond donors (Lipinski definition) is 3. The third kappa shape index (κ3) is 1.72. The largest absolute Gasteiger partial charge is 0.508 e. The first-order valence-corrected chi connectivity index (χ1v) is 9.18. The number of hydrogen-bond acceptors (Lipinski definition) is 3. The van der Waals surface area contributed by atoms with Crippen LogP contribution in [-0.4, -0.2) is 21.4 Å². The van der Waals surface area contributed by atoms with Gasteiger partial charge in [0.1, 0.15) is 11.9 Å². The van der Waals surface area contributed by atoms with Crippen LogP contribution in [-0.2, 0) is 0 Å². The van der Waals surface area contributed by atoms with Crippen LogP contribution in [0.15, 0.2) is 11.5 Å². The van der Waals surface area contributed by atoms with Gasteiger partial charge in [0.05, 0.1) is 0 Å². The van der Waals surface area contributed by atoms with Crippen LogP contribution >= 0.6 is 0 Å². The molecule has 0 aromatic heterocycles. The van der Waals surface area contributed by atoms with E-state index in [0.717, 1.165) is 18.8 Å². The number of allylic oxidation sites excluding steroid dienone is 1. The Balaban J connectivity index is 1.74. The van der Waals surface area contributed by atoms with Gasteiger partial charge in [-0.1, -0.05) is 20.3 Å². The fourth-order valence-corrected chi connectivity index (χ4v) is 6.97. The Morgan fingerprint density at radius 1 is 0.955 bits per heavy atom. The molecule has 3 saturated carbocycles. The van der Waals surface area contributed by atoms with Gasteiger partial charge in [-0.05, 0) is 74.0 Å². The van der Waals surface area contributed by atoms with Gasteiger partial charge >= 0.3 is 0 Å². The van der Waals surface area contributed by atoms with E-state index in [9.17, 15) is 15.3 Å². The van der Waals surface area contributed by atoms with Gasteiger partial charge in [0, 0.05) is 5.41 Å². The van der Waals surface area contributed by atoms with Gasteiger partial charge in [-0.2, -0.15) is 0 Å². The SMILES string of the molecule is C[C@@]12CCC[C@H]1[C@@H]1CCC3CC(O)C(O)=C(O)[C@]3(C)[C@H]1CC2. The van der Waals surface area contributed by atoms with Gasteiger partial charge in [-0.25, -0.2) is 0 Å². The van der Waals surface area contributed by atoms with Gasteiger partial charge in [0.25, 0.3) is 0 Å². The van der Waals surface area contributed by atoms with Crippen molar-refractivity contribution >= 4 is 0 Å². The smallest absolute Gasteiger partial charge is 0.159 e. The van der Waals surface area contributed by atoms with Crippen LogP contribution in [0.1, 0.15) is 65.2 Å². The molecule has 0 heterocycles. The number of fused-ring (bicyclic) bond motifs is 5. The first kappa shape index (κ1) is 14.9. The molecule has 0 amide bonds. The molecule has 0 saturated heterocycles. The molecule has 0 radical (unpaired) electrons. The summed E-state index contributed by atoms with van der Waals surface area (Å²) in [4.78, 5) is 0. The zero-order chi connectivity index (χ0) is 15.7. The van der Waals surface area contributed by atoms with E-state index in [1.165, 1.54) is 32.1 Å². The molecule has 0 aromatic carbocycles. The summed E-state index contributed by atoms with van der Waals surface area (Å²) in [5.41, 5.74) is 0.191. The molecule has 3 N–H and O–H groups in total. The van der Waals surface area contributed by atoms with Gasteiger partial charge in [0.2, 0.25) is 0 Å². The quantitative estimate of drug-likeness (QED) is 0.624. The van der Waals surface area contributed by atoms with Crippen molar-refractivity contribution in [1.29, 1.82) is 0 Å². The lowest BCUT2D eigenvalue weighted by Crippen LogP contribution is -2.54. The van der Waals surface area contributed by atoms with E-state index < -0.39 is 6.10 Å². The number of aliphatic hydroxyl groups excluding tert-OH is 3. The first-order valence-electron chi connectivity index (χ1n) is 9.18. The van der Waals surface area contributed by atoms with E-state index in [0.29, 0.717) is 29.6 Å². The van der Waals surface area contributed by atoms with Crippen molar-refractivity contribution in [3.8, 4) is 0 Å². The van der Waals surface area contributed by atoms with Crippen molar-refractivity contribution in [2.45, 2.75) is 71.3 Å². The summed E-state index contributed by atoms with van der Waals surface area (Å²) in [5.74, 6) is 2.22. The molecule has 124 valence electrons.